The highest BCUT2D eigenvalue weighted by Gasteiger charge is 2.40. The van der Waals surface area contributed by atoms with Gasteiger partial charge in [0.05, 0.1) is 5.92 Å². The van der Waals surface area contributed by atoms with Crippen molar-refractivity contribution in [2.45, 2.75) is 44.6 Å². The maximum Gasteiger partial charge on any atom is 0.253 e. The summed E-state index contributed by atoms with van der Waals surface area (Å²) in [7, 11) is 0. The first-order valence-electron chi connectivity index (χ1n) is 9.41. The third kappa shape index (κ3) is 4.03. The van der Waals surface area contributed by atoms with E-state index in [4.69, 9.17) is 5.73 Å². The average Bonchev–Trinajstić information content (AvgIpc) is 2.87. The second-order valence-corrected chi connectivity index (χ2v) is 7.64. The van der Waals surface area contributed by atoms with Gasteiger partial charge in [-0.1, -0.05) is 31.0 Å². The quantitative estimate of drug-likeness (QED) is 0.896. The van der Waals surface area contributed by atoms with Gasteiger partial charge in [-0.3, -0.25) is 9.59 Å². The molecule has 5 heteroatoms. The van der Waals surface area contributed by atoms with Crippen LogP contribution in [0.4, 0.5) is 0 Å². The Hall–Kier alpha value is -1.88. The van der Waals surface area contributed by atoms with Crippen LogP contribution < -0.4 is 5.73 Å². The summed E-state index contributed by atoms with van der Waals surface area (Å²) in [5, 5.41) is 0. The monoisotopic (exact) mass is 343 g/mol. The van der Waals surface area contributed by atoms with Crippen LogP contribution in [0.25, 0.3) is 0 Å². The summed E-state index contributed by atoms with van der Waals surface area (Å²) < 4.78 is 0. The van der Waals surface area contributed by atoms with Crippen LogP contribution in [-0.2, 0) is 4.79 Å². The molecule has 2 N–H and O–H groups in total. The van der Waals surface area contributed by atoms with Crippen LogP contribution in [0, 0.1) is 5.92 Å². The molecule has 0 radical (unpaired) electrons. The van der Waals surface area contributed by atoms with Crippen LogP contribution >= 0.6 is 0 Å². The van der Waals surface area contributed by atoms with E-state index < -0.39 is 5.54 Å². The standard InChI is InChI=1S/C20H29N3O2/c1-20(21)11-6-5-10-17(20)19(25)23-13-7-12-22(14-15-23)18(24)16-8-3-2-4-9-16/h2-4,8-9,17H,5-7,10-15,21H2,1H3. The molecule has 2 atom stereocenters. The first-order chi connectivity index (χ1) is 12.0. The Morgan fingerprint density at radius 1 is 1.00 bits per heavy atom. The van der Waals surface area contributed by atoms with E-state index >= 15 is 0 Å². The smallest absolute Gasteiger partial charge is 0.253 e. The van der Waals surface area contributed by atoms with Crippen molar-refractivity contribution in [1.29, 1.82) is 0 Å². The molecule has 1 aliphatic carbocycles. The highest BCUT2D eigenvalue weighted by Crippen LogP contribution is 2.33. The van der Waals surface area contributed by atoms with E-state index in [2.05, 4.69) is 0 Å². The van der Waals surface area contributed by atoms with Crippen molar-refractivity contribution >= 4 is 11.8 Å². The number of hydrogen-bond donors (Lipinski definition) is 1. The fourth-order valence-corrected chi connectivity index (χ4v) is 4.09. The maximum atomic E-state index is 13.0. The molecular formula is C20H29N3O2. The van der Waals surface area contributed by atoms with Gasteiger partial charge >= 0.3 is 0 Å². The van der Waals surface area contributed by atoms with Gasteiger partial charge in [-0.2, -0.15) is 0 Å². The van der Waals surface area contributed by atoms with Crippen LogP contribution in [0.15, 0.2) is 30.3 Å². The van der Waals surface area contributed by atoms with Gasteiger partial charge in [0.15, 0.2) is 0 Å². The summed E-state index contributed by atoms with van der Waals surface area (Å²) in [4.78, 5) is 29.4. The summed E-state index contributed by atoms with van der Waals surface area (Å²) in [5.41, 5.74) is 6.72. The van der Waals surface area contributed by atoms with E-state index in [0.29, 0.717) is 31.7 Å². The minimum Gasteiger partial charge on any atom is -0.341 e. The predicted octanol–water partition coefficient (Wildman–Crippen LogP) is 2.27. The summed E-state index contributed by atoms with van der Waals surface area (Å²) in [6, 6.07) is 9.36. The lowest BCUT2D eigenvalue weighted by molar-refractivity contribution is -0.138. The zero-order chi connectivity index (χ0) is 17.9. The predicted molar refractivity (Wildman–Crippen MR) is 98.1 cm³/mol. The molecule has 1 heterocycles. The number of carbonyl (C=O) groups is 2. The Morgan fingerprint density at radius 3 is 2.40 bits per heavy atom. The number of carbonyl (C=O) groups excluding carboxylic acids is 2. The van der Waals surface area contributed by atoms with Gasteiger partial charge in [-0.25, -0.2) is 0 Å². The van der Waals surface area contributed by atoms with E-state index in [9.17, 15) is 9.59 Å². The average molecular weight is 343 g/mol. The van der Waals surface area contributed by atoms with Crippen LogP contribution in [0.1, 0.15) is 49.4 Å². The number of nitrogens with two attached hydrogens (primary N) is 1. The van der Waals surface area contributed by atoms with E-state index in [-0.39, 0.29) is 17.7 Å². The first-order valence-corrected chi connectivity index (χ1v) is 9.41. The third-order valence-electron chi connectivity index (χ3n) is 5.67. The molecule has 2 amide bonds. The van der Waals surface area contributed by atoms with Gasteiger partial charge in [0.1, 0.15) is 0 Å². The van der Waals surface area contributed by atoms with E-state index in [1.165, 1.54) is 0 Å². The SMILES string of the molecule is CC1(N)CCCCC1C(=O)N1CCCN(C(=O)c2ccccc2)CC1. The highest BCUT2D eigenvalue weighted by atomic mass is 16.2. The lowest BCUT2D eigenvalue weighted by Crippen LogP contribution is -2.54. The zero-order valence-electron chi connectivity index (χ0n) is 15.1. The fraction of sp³-hybridized carbons (Fsp3) is 0.600. The minimum atomic E-state index is -0.402. The molecular weight excluding hydrogens is 314 g/mol. The van der Waals surface area contributed by atoms with Crippen molar-refractivity contribution in [1.82, 2.24) is 9.80 Å². The minimum absolute atomic E-state index is 0.0521. The maximum absolute atomic E-state index is 13.0. The molecule has 1 aliphatic heterocycles. The molecule has 136 valence electrons. The van der Waals surface area contributed by atoms with Crippen molar-refractivity contribution in [2.75, 3.05) is 26.2 Å². The van der Waals surface area contributed by atoms with Gasteiger partial charge in [0.2, 0.25) is 5.91 Å². The third-order valence-corrected chi connectivity index (χ3v) is 5.67. The summed E-state index contributed by atoms with van der Waals surface area (Å²) >= 11 is 0. The summed E-state index contributed by atoms with van der Waals surface area (Å²) in [6.45, 7) is 4.61. The summed E-state index contributed by atoms with van der Waals surface area (Å²) in [6.07, 6.45) is 4.80. The number of amides is 2. The van der Waals surface area contributed by atoms with Crippen molar-refractivity contribution in [2.24, 2.45) is 11.7 Å². The van der Waals surface area contributed by atoms with Gasteiger partial charge in [-0.15, -0.1) is 0 Å². The normalized spacial score (nSPS) is 27.7. The second-order valence-electron chi connectivity index (χ2n) is 7.64. The molecule has 2 fully saturated rings. The lowest BCUT2D eigenvalue weighted by atomic mass is 9.74. The molecule has 5 nitrogen and oxygen atoms in total. The van der Waals surface area contributed by atoms with Gasteiger partial charge in [0.25, 0.3) is 5.91 Å². The van der Waals surface area contributed by atoms with Crippen molar-refractivity contribution in [3.05, 3.63) is 35.9 Å². The van der Waals surface area contributed by atoms with E-state index in [0.717, 1.165) is 32.1 Å². The Kier molecular flexibility index (Phi) is 5.42. The second kappa shape index (κ2) is 7.56. The molecule has 0 bridgehead atoms. The van der Waals surface area contributed by atoms with Gasteiger partial charge < -0.3 is 15.5 Å². The molecule has 3 rings (SSSR count). The van der Waals surface area contributed by atoms with Gasteiger partial charge in [-0.05, 0) is 38.3 Å². The molecule has 1 saturated carbocycles. The van der Waals surface area contributed by atoms with Crippen molar-refractivity contribution in [3.63, 3.8) is 0 Å². The number of rotatable bonds is 2. The number of benzene rings is 1. The molecule has 1 aromatic rings. The lowest BCUT2D eigenvalue weighted by Gasteiger charge is -2.39. The number of nitrogens with zero attached hydrogens (tertiary/aromatic N) is 2. The Labute approximate surface area is 150 Å². The zero-order valence-corrected chi connectivity index (χ0v) is 15.1. The van der Waals surface area contributed by atoms with Crippen LogP contribution in [0.2, 0.25) is 0 Å². The summed E-state index contributed by atoms with van der Waals surface area (Å²) in [5.74, 6) is 0.146. The molecule has 25 heavy (non-hydrogen) atoms. The Morgan fingerprint density at radius 2 is 1.68 bits per heavy atom. The van der Waals surface area contributed by atoms with Crippen molar-refractivity contribution < 1.29 is 9.59 Å². The molecule has 2 aliphatic rings. The van der Waals surface area contributed by atoms with E-state index in [1.807, 2.05) is 47.1 Å². The molecule has 0 aromatic heterocycles. The first kappa shape index (κ1) is 17.9. The topological polar surface area (TPSA) is 66.6 Å². The Bertz CT molecular complexity index is 615. The van der Waals surface area contributed by atoms with Crippen molar-refractivity contribution in [3.8, 4) is 0 Å². The van der Waals surface area contributed by atoms with Gasteiger partial charge in [0, 0.05) is 37.3 Å². The van der Waals surface area contributed by atoms with Crippen LogP contribution in [-0.4, -0.2) is 53.3 Å². The highest BCUT2D eigenvalue weighted by molar-refractivity contribution is 5.94. The largest absolute Gasteiger partial charge is 0.341 e. The Balaban J connectivity index is 1.63. The van der Waals surface area contributed by atoms with E-state index in [1.54, 1.807) is 0 Å². The van der Waals surface area contributed by atoms with Crippen LogP contribution in [0.5, 0.6) is 0 Å². The molecule has 1 saturated heterocycles. The van der Waals surface area contributed by atoms with Crippen LogP contribution in [0.3, 0.4) is 0 Å². The molecule has 0 spiro atoms. The molecule has 1 aromatic carbocycles. The fourth-order valence-electron chi connectivity index (χ4n) is 4.09. The number of hydrogen-bond acceptors (Lipinski definition) is 3. The molecule has 2 unspecified atom stereocenters.